The number of rotatable bonds is 3. The summed E-state index contributed by atoms with van der Waals surface area (Å²) in [6, 6.07) is 0. The first kappa shape index (κ1) is 20.7. The van der Waals surface area contributed by atoms with Crippen LogP contribution in [0.4, 0.5) is 0 Å². The fourth-order valence-corrected chi connectivity index (χ4v) is 3.17. The second kappa shape index (κ2) is 10.5. The summed E-state index contributed by atoms with van der Waals surface area (Å²) in [5.74, 6) is -1.42. The molecule has 4 nitrogen and oxygen atoms in total. The highest BCUT2D eigenvalue weighted by molar-refractivity contribution is 5.94. The molecular weight excluding hydrogens is 304 g/mol. The fraction of sp³-hybridized carbons (Fsp3) is 0.800. The van der Waals surface area contributed by atoms with Crippen molar-refractivity contribution >= 4 is 11.9 Å². The largest absolute Gasteiger partial charge is 0.481 e. The van der Waals surface area contributed by atoms with Gasteiger partial charge in [-0.1, -0.05) is 50.5 Å². The lowest BCUT2D eigenvalue weighted by Gasteiger charge is -2.22. The molecule has 138 valence electrons. The van der Waals surface area contributed by atoms with Gasteiger partial charge in [0.25, 0.3) is 0 Å². The summed E-state index contributed by atoms with van der Waals surface area (Å²) >= 11 is 0. The van der Waals surface area contributed by atoms with Crippen LogP contribution in [0, 0.1) is 0 Å². The first-order valence-corrected chi connectivity index (χ1v) is 9.45. The number of esters is 1. The lowest BCUT2D eigenvalue weighted by molar-refractivity contribution is -0.151. The Morgan fingerprint density at radius 2 is 1.29 bits per heavy atom. The number of allylic oxidation sites excluding steroid dienone is 1. The minimum Gasteiger partial charge on any atom is -0.481 e. The van der Waals surface area contributed by atoms with Crippen LogP contribution in [0.3, 0.4) is 0 Å². The van der Waals surface area contributed by atoms with Crippen LogP contribution in [0.15, 0.2) is 11.1 Å². The molecule has 1 aliphatic rings. The molecule has 0 saturated heterocycles. The second-order valence-electron chi connectivity index (χ2n) is 7.84. The Labute approximate surface area is 146 Å². The Kier molecular flexibility index (Phi) is 9.09. The maximum absolute atomic E-state index is 12.5. The summed E-state index contributed by atoms with van der Waals surface area (Å²) in [7, 11) is 0. The summed E-state index contributed by atoms with van der Waals surface area (Å²) < 4.78 is 5.47. The van der Waals surface area contributed by atoms with E-state index in [-0.39, 0.29) is 6.42 Å². The van der Waals surface area contributed by atoms with Crippen LogP contribution >= 0.6 is 0 Å². The molecule has 1 rings (SSSR count). The predicted octanol–water partition coefficient (Wildman–Crippen LogP) is 5.40. The number of carboxylic acid groups (broad SMARTS) is 1. The zero-order valence-electron chi connectivity index (χ0n) is 15.7. The van der Waals surface area contributed by atoms with Crippen molar-refractivity contribution < 1.29 is 19.4 Å². The summed E-state index contributed by atoms with van der Waals surface area (Å²) in [5, 5.41) is 9.23. The molecule has 0 aromatic carbocycles. The van der Waals surface area contributed by atoms with E-state index in [1.165, 1.54) is 32.1 Å². The zero-order chi connectivity index (χ0) is 18.0. The van der Waals surface area contributed by atoms with Gasteiger partial charge < -0.3 is 9.84 Å². The van der Waals surface area contributed by atoms with Crippen molar-refractivity contribution in [1.29, 1.82) is 0 Å². The number of carbonyl (C=O) groups is 2. The number of ether oxygens (including phenoxy) is 1. The van der Waals surface area contributed by atoms with E-state index >= 15 is 0 Å². The highest BCUT2D eigenvalue weighted by atomic mass is 16.6. The Morgan fingerprint density at radius 1 is 0.875 bits per heavy atom. The van der Waals surface area contributed by atoms with E-state index in [0.717, 1.165) is 44.1 Å². The molecule has 24 heavy (non-hydrogen) atoms. The van der Waals surface area contributed by atoms with Gasteiger partial charge in [-0.05, 0) is 46.5 Å². The SMILES string of the molecule is CC(C)(C)OC(=O)C(CC(=O)O)=C1CCCCCCCCCCC1. The molecule has 0 aliphatic heterocycles. The zero-order valence-corrected chi connectivity index (χ0v) is 15.7. The molecule has 1 fully saturated rings. The molecule has 0 atom stereocenters. The van der Waals surface area contributed by atoms with E-state index < -0.39 is 17.5 Å². The number of aliphatic carboxylic acids is 1. The fourth-order valence-electron chi connectivity index (χ4n) is 3.17. The Bertz CT molecular complexity index is 429. The predicted molar refractivity (Wildman–Crippen MR) is 95.9 cm³/mol. The molecule has 0 unspecified atom stereocenters. The van der Waals surface area contributed by atoms with Gasteiger partial charge in [-0.15, -0.1) is 0 Å². The minimum atomic E-state index is -0.963. The monoisotopic (exact) mass is 338 g/mol. The highest BCUT2D eigenvalue weighted by Crippen LogP contribution is 2.26. The van der Waals surface area contributed by atoms with E-state index in [1.807, 2.05) is 20.8 Å². The van der Waals surface area contributed by atoms with E-state index in [0.29, 0.717) is 5.57 Å². The lowest BCUT2D eigenvalue weighted by Crippen LogP contribution is -2.26. The van der Waals surface area contributed by atoms with Gasteiger partial charge in [-0.25, -0.2) is 4.79 Å². The van der Waals surface area contributed by atoms with Crippen LogP contribution in [0.2, 0.25) is 0 Å². The van der Waals surface area contributed by atoms with Gasteiger partial charge in [-0.3, -0.25) is 4.79 Å². The highest BCUT2D eigenvalue weighted by Gasteiger charge is 2.24. The molecular formula is C20H34O4. The van der Waals surface area contributed by atoms with Gasteiger partial charge in [0, 0.05) is 5.57 Å². The Balaban J connectivity index is 2.94. The Hall–Kier alpha value is -1.32. The minimum absolute atomic E-state index is 0.232. The van der Waals surface area contributed by atoms with E-state index in [9.17, 15) is 14.7 Å². The first-order chi connectivity index (χ1) is 11.3. The van der Waals surface area contributed by atoms with E-state index in [1.54, 1.807) is 0 Å². The number of hydrogen-bond acceptors (Lipinski definition) is 3. The normalized spacial score (nSPS) is 18.2. The van der Waals surface area contributed by atoms with Gasteiger partial charge in [0.15, 0.2) is 0 Å². The van der Waals surface area contributed by atoms with Crippen LogP contribution in [-0.2, 0) is 14.3 Å². The molecule has 0 heterocycles. The van der Waals surface area contributed by atoms with Crippen molar-refractivity contribution in [2.24, 2.45) is 0 Å². The van der Waals surface area contributed by atoms with Crippen molar-refractivity contribution in [1.82, 2.24) is 0 Å². The molecule has 0 bridgehead atoms. The number of carboxylic acids is 1. The van der Waals surface area contributed by atoms with Crippen LogP contribution in [0.25, 0.3) is 0 Å². The van der Waals surface area contributed by atoms with Crippen LogP contribution in [0.1, 0.15) is 97.8 Å². The third-order valence-corrected chi connectivity index (χ3v) is 4.36. The Morgan fingerprint density at radius 3 is 1.67 bits per heavy atom. The quantitative estimate of drug-likeness (QED) is 0.552. The maximum atomic E-state index is 12.5. The maximum Gasteiger partial charge on any atom is 0.335 e. The van der Waals surface area contributed by atoms with Crippen molar-refractivity contribution in [3.8, 4) is 0 Å². The van der Waals surface area contributed by atoms with Gasteiger partial charge in [-0.2, -0.15) is 0 Å². The molecule has 0 aromatic heterocycles. The molecule has 0 amide bonds. The standard InChI is InChI=1S/C20H34O4/c1-20(2,3)24-19(23)17(15-18(21)22)16-13-11-9-7-5-4-6-8-10-12-14-16/h4-15H2,1-3H3,(H,21,22). The average Bonchev–Trinajstić information content (AvgIpc) is 2.43. The van der Waals surface area contributed by atoms with E-state index in [2.05, 4.69) is 0 Å². The van der Waals surface area contributed by atoms with Gasteiger partial charge >= 0.3 is 11.9 Å². The summed E-state index contributed by atoms with van der Waals surface area (Å²) in [6.07, 6.45) is 12.1. The van der Waals surface area contributed by atoms with Crippen LogP contribution < -0.4 is 0 Å². The van der Waals surface area contributed by atoms with Gasteiger partial charge in [0.05, 0.1) is 6.42 Å². The van der Waals surface area contributed by atoms with Crippen molar-refractivity contribution in [2.45, 2.75) is 103 Å². The van der Waals surface area contributed by atoms with Gasteiger partial charge in [0.2, 0.25) is 0 Å². The van der Waals surface area contributed by atoms with Gasteiger partial charge in [0.1, 0.15) is 5.60 Å². The molecule has 0 radical (unpaired) electrons. The van der Waals surface area contributed by atoms with E-state index in [4.69, 9.17) is 4.74 Å². The third-order valence-electron chi connectivity index (χ3n) is 4.36. The summed E-state index contributed by atoms with van der Waals surface area (Å²) in [6.45, 7) is 5.44. The van der Waals surface area contributed by atoms with Crippen LogP contribution in [0.5, 0.6) is 0 Å². The molecule has 1 N–H and O–H groups in total. The number of hydrogen-bond donors (Lipinski definition) is 1. The smallest absolute Gasteiger partial charge is 0.335 e. The third kappa shape index (κ3) is 9.09. The average molecular weight is 338 g/mol. The lowest BCUT2D eigenvalue weighted by atomic mass is 9.92. The second-order valence-corrected chi connectivity index (χ2v) is 7.84. The first-order valence-electron chi connectivity index (χ1n) is 9.45. The van der Waals surface area contributed by atoms with Crippen molar-refractivity contribution in [3.05, 3.63) is 11.1 Å². The summed E-state index contributed by atoms with van der Waals surface area (Å²) in [4.78, 5) is 23.8. The van der Waals surface area contributed by atoms with Crippen LogP contribution in [-0.4, -0.2) is 22.6 Å². The summed E-state index contributed by atoms with van der Waals surface area (Å²) in [5.41, 5.74) is 0.786. The number of carbonyl (C=O) groups excluding carboxylic acids is 1. The molecule has 4 heteroatoms. The molecule has 1 aliphatic carbocycles. The molecule has 0 spiro atoms. The van der Waals surface area contributed by atoms with Crippen molar-refractivity contribution in [2.75, 3.05) is 0 Å². The molecule has 1 saturated carbocycles. The van der Waals surface area contributed by atoms with Crippen molar-refractivity contribution in [3.63, 3.8) is 0 Å². The topological polar surface area (TPSA) is 63.6 Å². The molecule has 0 aromatic rings.